The first kappa shape index (κ1) is 40.2. The molecule has 11 heteroatoms. The summed E-state index contributed by atoms with van der Waals surface area (Å²) in [4.78, 5) is 7.12. The predicted octanol–water partition coefficient (Wildman–Crippen LogP) is 14.5. The highest BCUT2D eigenvalue weighted by molar-refractivity contribution is 6.12. The third-order valence-corrected chi connectivity index (χ3v) is 11.8. The number of nitriles is 4. The summed E-state index contributed by atoms with van der Waals surface area (Å²) in [6.45, 7) is 15.3. The van der Waals surface area contributed by atoms with E-state index in [9.17, 15) is 21.0 Å². The zero-order valence-electron chi connectivity index (χ0n) is 34.1. The number of aromatic nitrogens is 2. The smallest absolute Gasteiger partial charge is 0.309 e. The molecule has 0 aliphatic carbocycles. The molecule has 0 aliphatic rings. The lowest BCUT2D eigenvalue weighted by Crippen LogP contribution is -2.10. The van der Waals surface area contributed by atoms with Crippen molar-refractivity contribution in [2.75, 3.05) is 0 Å². The van der Waals surface area contributed by atoms with Crippen molar-refractivity contribution in [2.24, 2.45) is 0 Å². The van der Waals surface area contributed by atoms with Gasteiger partial charge in [0.1, 0.15) is 6.07 Å². The Morgan fingerprint density at radius 3 is 1.41 bits per heavy atom. The third-order valence-electron chi connectivity index (χ3n) is 11.8. The van der Waals surface area contributed by atoms with E-state index in [1.807, 2.05) is 100 Å². The van der Waals surface area contributed by atoms with Gasteiger partial charge in [-0.2, -0.15) is 34.2 Å². The van der Waals surface area contributed by atoms with E-state index < -0.39 is 11.7 Å². The van der Waals surface area contributed by atoms with Gasteiger partial charge in [-0.15, -0.1) is 0 Å². The Hall–Kier alpha value is -9.91. The summed E-state index contributed by atoms with van der Waals surface area (Å²) in [6, 6.07) is 51.0. The molecule has 0 aliphatic heterocycles. The fourth-order valence-electron chi connectivity index (χ4n) is 8.97. The van der Waals surface area contributed by atoms with E-state index in [1.165, 1.54) is 24.3 Å². The number of hydrogen-bond donors (Lipinski definition) is 0. The van der Waals surface area contributed by atoms with Crippen LogP contribution in [0.2, 0.25) is 0 Å². The van der Waals surface area contributed by atoms with Crippen LogP contribution in [0.1, 0.15) is 27.8 Å². The van der Waals surface area contributed by atoms with Crippen molar-refractivity contribution >= 4 is 55.0 Å². The Morgan fingerprint density at radius 2 is 0.924 bits per heavy atom. The summed E-state index contributed by atoms with van der Waals surface area (Å²) in [6.07, 6.45) is -4.90. The molecule has 2 aromatic heterocycles. The Kier molecular flexibility index (Phi) is 9.41. The fraction of sp³-hybridized carbons (Fsp3) is 0.0182. The molecule has 0 fully saturated rings. The molecule has 0 saturated carbocycles. The minimum Gasteiger partial charge on any atom is -0.309 e. The SMILES string of the molecule is [C-]#[N+]c1cc(C#N)cc(-c2ccc3c4ccccc4n(-c4cc(-c5ccc(C#N)cc5C(F)(F)F)c(-n5c6ccccc6c6ccc(-c7cc(C#N)cc([N+]#[C-])c7)cc65)cc4C#N)c3c2)c1. The molecule has 0 atom stereocenters. The highest BCUT2D eigenvalue weighted by Gasteiger charge is 2.35. The Balaban J connectivity index is 1.33. The van der Waals surface area contributed by atoms with Crippen molar-refractivity contribution in [3.05, 3.63) is 202 Å². The maximum atomic E-state index is 15.4. The standard InChI is InChI=1S/C55H25F3N8/c1-63-40-19-33(29-60)17-37(22-40)35-12-15-45-43-7-3-5-9-49(43)65(52(45)24-35)51-27-47(42-14-11-32(28-59)21-48(42)55(56,57)58)54(26-39(51)31-62)66-50-10-6-4-8-44(50)46-16-13-36(25-53(46)66)38-18-34(30-61)20-41(23-38)64-2/h3-27H. The summed E-state index contributed by atoms with van der Waals surface area (Å²) in [7, 11) is 0. The van der Waals surface area contributed by atoms with Crippen LogP contribution in [0.25, 0.3) is 98.1 Å². The summed E-state index contributed by atoms with van der Waals surface area (Å²) >= 11 is 0. The molecule has 0 amide bonds. The quantitative estimate of drug-likeness (QED) is 0.160. The van der Waals surface area contributed by atoms with Gasteiger partial charge in [-0.3, -0.25) is 0 Å². The molecule has 0 bridgehead atoms. The summed E-state index contributed by atoms with van der Waals surface area (Å²) < 4.78 is 49.8. The van der Waals surface area contributed by atoms with E-state index in [0.29, 0.717) is 49.9 Å². The zero-order valence-corrected chi connectivity index (χ0v) is 34.1. The molecular formula is C55H25F3N8. The van der Waals surface area contributed by atoms with E-state index in [0.717, 1.165) is 27.6 Å². The molecular weight excluding hydrogens is 830 g/mol. The average molecular weight is 855 g/mol. The number of fused-ring (bicyclic) bond motifs is 6. The molecule has 0 spiro atoms. The molecule has 0 unspecified atom stereocenters. The average Bonchev–Trinajstić information content (AvgIpc) is 3.87. The molecule has 10 rings (SSSR count). The molecule has 8 nitrogen and oxygen atoms in total. The van der Waals surface area contributed by atoms with Crippen LogP contribution in [0.5, 0.6) is 0 Å². The largest absolute Gasteiger partial charge is 0.417 e. The number of alkyl halides is 3. The van der Waals surface area contributed by atoms with Crippen molar-refractivity contribution in [3.8, 4) is 69.0 Å². The number of nitrogens with zero attached hydrogens (tertiary/aromatic N) is 8. The summed E-state index contributed by atoms with van der Waals surface area (Å²) in [5, 5.41) is 43.7. The monoisotopic (exact) mass is 854 g/mol. The lowest BCUT2D eigenvalue weighted by Gasteiger charge is -2.21. The maximum absolute atomic E-state index is 15.4. The second-order valence-electron chi connectivity index (χ2n) is 15.5. The summed E-state index contributed by atoms with van der Waals surface area (Å²) in [5.74, 6) is 0. The van der Waals surface area contributed by atoms with Gasteiger partial charge in [0, 0.05) is 38.2 Å². The van der Waals surface area contributed by atoms with Gasteiger partial charge in [0.15, 0.2) is 11.4 Å². The van der Waals surface area contributed by atoms with Crippen molar-refractivity contribution < 1.29 is 13.2 Å². The van der Waals surface area contributed by atoms with Gasteiger partial charge in [0.05, 0.1) is 81.5 Å². The molecule has 2 heterocycles. The molecule has 10 aromatic rings. The topological polar surface area (TPSA) is 114 Å². The highest BCUT2D eigenvalue weighted by atomic mass is 19.4. The van der Waals surface area contributed by atoms with Gasteiger partial charge in [-0.1, -0.05) is 66.7 Å². The van der Waals surface area contributed by atoms with Crippen LogP contribution < -0.4 is 0 Å². The second kappa shape index (κ2) is 15.5. The second-order valence-corrected chi connectivity index (χ2v) is 15.5. The van der Waals surface area contributed by atoms with Crippen LogP contribution in [-0.4, -0.2) is 9.13 Å². The van der Waals surface area contributed by atoms with Crippen LogP contribution >= 0.6 is 0 Å². The van der Waals surface area contributed by atoms with E-state index in [1.54, 1.807) is 36.4 Å². The van der Waals surface area contributed by atoms with Crippen molar-refractivity contribution in [3.63, 3.8) is 0 Å². The van der Waals surface area contributed by atoms with E-state index in [-0.39, 0.29) is 50.6 Å². The van der Waals surface area contributed by atoms with Gasteiger partial charge in [-0.25, -0.2) is 9.69 Å². The molecule has 66 heavy (non-hydrogen) atoms. The molecule has 0 N–H and O–H groups in total. The van der Waals surface area contributed by atoms with Gasteiger partial charge >= 0.3 is 6.18 Å². The molecule has 0 saturated heterocycles. The molecule has 0 radical (unpaired) electrons. The first-order valence-corrected chi connectivity index (χ1v) is 20.2. The van der Waals surface area contributed by atoms with Crippen LogP contribution in [0.3, 0.4) is 0 Å². The number of benzene rings is 8. The molecule has 306 valence electrons. The van der Waals surface area contributed by atoms with Crippen LogP contribution in [0, 0.1) is 58.5 Å². The minimum atomic E-state index is -4.90. The van der Waals surface area contributed by atoms with Gasteiger partial charge in [0.2, 0.25) is 0 Å². The van der Waals surface area contributed by atoms with Crippen LogP contribution in [0.4, 0.5) is 24.5 Å². The Morgan fingerprint density at radius 1 is 0.424 bits per heavy atom. The third kappa shape index (κ3) is 6.51. The summed E-state index contributed by atoms with van der Waals surface area (Å²) in [5.41, 5.74) is 5.48. The molecule has 8 aromatic carbocycles. The first-order chi connectivity index (χ1) is 32.0. The van der Waals surface area contributed by atoms with Crippen LogP contribution in [-0.2, 0) is 6.18 Å². The number of halogens is 3. The highest BCUT2D eigenvalue weighted by Crippen LogP contribution is 2.46. The number of hydrogen-bond acceptors (Lipinski definition) is 4. The van der Waals surface area contributed by atoms with E-state index in [2.05, 4.69) is 27.9 Å². The van der Waals surface area contributed by atoms with Crippen molar-refractivity contribution in [1.29, 1.82) is 21.0 Å². The first-order valence-electron chi connectivity index (χ1n) is 20.2. The van der Waals surface area contributed by atoms with Crippen molar-refractivity contribution in [1.82, 2.24) is 9.13 Å². The normalized spacial score (nSPS) is 11.2. The fourth-order valence-corrected chi connectivity index (χ4v) is 8.97. The van der Waals surface area contributed by atoms with Crippen molar-refractivity contribution in [2.45, 2.75) is 6.18 Å². The predicted molar refractivity (Wildman–Crippen MR) is 248 cm³/mol. The van der Waals surface area contributed by atoms with Gasteiger partial charge < -0.3 is 9.13 Å². The lowest BCUT2D eigenvalue weighted by atomic mass is 9.93. The van der Waals surface area contributed by atoms with E-state index in [4.69, 9.17) is 13.1 Å². The lowest BCUT2D eigenvalue weighted by molar-refractivity contribution is -0.137. The minimum absolute atomic E-state index is 0.112. The maximum Gasteiger partial charge on any atom is 0.417 e. The zero-order chi connectivity index (χ0) is 45.9. The van der Waals surface area contributed by atoms with E-state index >= 15 is 13.2 Å². The van der Waals surface area contributed by atoms with Gasteiger partial charge in [0.25, 0.3) is 0 Å². The Bertz CT molecular complexity index is 3950. The number of para-hydroxylation sites is 2. The van der Waals surface area contributed by atoms with Gasteiger partial charge in [-0.05, 0) is 113 Å². The van der Waals surface area contributed by atoms with Crippen LogP contribution in [0.15, 0.2) is 152 Å². The number of rotatable bonds is 5. The Labute approximate surface area is 374 Å².